The maximum Gasteiger partial charge on any atom is 0.236 e. The van der Waals surface area contributed by atoms with Crippen molar-refractivity contribution in [3.05, 3.63) is 47.1 Å². The van der Waals surface area contributed by atoms with Gasteiger partial charge in [-0.3, -0.25) is 0 Å². The zero-order chi connectivity index (χ0) is 14.4. The summed E-state index contributed by atoms with van der Waals surface area (Å²) >= 11 is 0. The Morgan fingerprint density at radius 1 is 1.33 bits per heavy atom. The summed E-state index contributed by atoms with van der Waals surface area (Å²) in [6, 6.07) is 8.40. The lowest BCUT2D eigenvalue weighted by atomic mass is 9.86. The molecule has 0 spiro atoms. The lowest BCUT2D eigenvalue weighted by Gasteiger charge is -2.21. The van der Waals surface area contributed by atoms with Crippen LogP contribution in [0.5, 0.6) is 0 Å². The standard InChI is InChI=1S/C16H19N3O2/c1-16(9-20-8-13(16)17)15-18-14(19-21-15)12-7-6-10-4-2-3-5-11(10)12/h2-5,12-13H,6-9,17H2,1H3. The van der Waals surface area contributed by atoms with Gasteiger partial charge in [0.15, 0.2) is 5.82 Å². The number of benzene rings is 1. The van der Waals surface area contributed by atoms with Gasteiger partial charge >= 0.3 is 0 Å². The van der Waals surface area contributed by atoms with Gasteiger partial charge in [0.25, 0.3) is 0 Å². The van der Waals surface area contributed by atoms with Gasteiger partial charge < -0.3 is 15.0 Å². The molecule has 1 aromatic carbocycles. The molecule has 2 aliphatic rings. The molecule has 1 saturated heterocycles. The van der Waals surface area contributed by atoms with Crippen molar-refractivity contribution in [2.45, 2.75) is 37.1 Å². The minimum Gasteiger partial charge on any atom is -0.379 e. The quantitative estimate of drug-likeness (QED) is 0.910. The Kier molecular flexibility index (Phi) is 2.87. The second-order valence-corrected chi connectivity index (χ2v) is 6.29. The fourth-order valence-corrected chi connectivity index (χ4v) is 3.34. The van der Waals surface area contributed by atoms with Crippen molar-refractivity contribution in [3.63, 3.8) is 0 Å². The van der Waals surface area contributed by atoms with Crippen molar-refractivity contribution in [2.24, 2.45) is 5.73 Å². The second kappa shape index (κ2) is 4.64. The molecule has 3 unspecified atom stereocenters. The lowest BCUT2D eigenvalue weighted by molar-refractivity contribution is 0.169. The van der Waals surface area contributed by atoms with E-state index in [2.05, 4.69) is 34.4 Å². The van der Waals surface area contributed by atoms with Crippen molar-refractivity contribution in [1.29, 1.82) is 0 Å². The lowest BCUT2D eigenvalue weighted by Crippen LogP contribution is -2.42. The molecular formula is C16H19N3O2. The van der Waals surface area contributed by atoms with E-state index in [1.54, 1.807) is 0 Å². The van der Waals surface area contributed by atoms with E-state index in [9.17, 15) is 0 Å². The first-order valence-electron chi connectivity index (χ1n) is 7.44. The molecule has 2 heterocycles. The molecule has 5 heteroatoms. The van der Waals surface area contributed by atoms with Crippen molar-refractivity contribution in [2.75, 3.05) is 13.2 Å². The molecule has 3 atom stereocenters. The largest absolute Gasteiger partial charge is 0.379 e. The van der Waals surface area contributed by atoms with E-state index in [4.69, 9.17) is 15.0 Å². The molecule has 0 saturated carbocycles. The minimum atomic E-state index is -0.372. The summed E-state index contributed by atoms with van der Waals surface area (Å²) in [5.41, 5.74) is 8.47. The van der Waals surface area contributed by atoms with Gasteiger partial charge in [0.1, 0.15) is 0 Å². The Labute approximate surface area is 123 Å². The Hall–Kier alpha value is -1.72. The Morgan fingerprint density at radius 3 is 3.00 bits per heavy atom. The number of ether oxygens (including phenoxy) is 1. The fourth-order valence-electron chi connectivity index (χ4n) is 3.34. The van der Waals surface area contributed by atoms with E-state index in [-0.39, 0.29) is 17.4 Å². The van der Waals surface area contributed by atoms with Crippen molar-refractivity contribution >= 4 is 0 Å². The van der Waals surface area contributed by atoms with E-state index in [0.717, 1.165) is 18.7 Å². The normalized spacial score (nSPS) is 31.5. The number of nitrogens with zero attached hydrogens (tertiary/aromatic N) is 2. The highest BCUT2D eigenvalue weighted by Gasteiger charge is 2.44. The van der Waals surface area contributed by atoms with Crippen LogP contribution in [0.2, 0.25) is 0 Å². The van der Waals surface area contributed by atoms with Crippen LogP contribution >= 0.6 is 0 Å². The first kappa shape index (κ1) is 13.0. The summed E-state index contributed by atoms with van der Waals surface area (Å²) in [6.07, 6.45) is 2.11. The van der Waals surface area contributed by atoms with Crippen LogP contribution in [0.1, 0.15) is 42.1 Å². The van der Waals surface area contributed by atoms with Crippen LogP contribution in [-0.2, 0) is 16.6 Å². The first-order valence-corrected chi connectivity index (χ1v) is 7.44. The predicted octanol–water partition coefficient (Wildman–Crippen LogP) is 1.76. The number of fused-ring (bicyclic) bond motifs is 1. The van der Waals surface area contributed by atoms with Crippen LogP contribution in [0.25, 0.3) is 0 Å². The predicted molar refractivity (Wildman–Crippen MR) is 77.1 cm³/mol. The second-order valence-electron chi connectivity index (χ2n) is 6.29. The summed E-state index contributed by atoms with van der Waals surface area (Å²) in [5.74, 6) is 1.61. The Bertz CT molecular complexity index is 669. The molecular weight excluding hydrogens is 266 g/mol. The maximum absolute atomic E-state index is 6.13. The SMILES string of the molecule is CC1(c2nc(C3CCc4ccccc43)no2)COCC1N. The summed E-state index contributed by atoms with van der Waals surface area (Å²) in [4.78, 5) is 4.66. The Morgan fingerprint density at radius 2 is 2.19 bits per heavy atom. The summed E-state index contributed by atoms with van der Waals surface area (Å²) < 4.78 is 11.0. The van der Waals surface area contributed by atoms with Crippen LogP contribution in [0.4, 0.5) is 0 Å². The first-order chi connectivity index (χ1) is 10.2. The van der Waals surface area contributed by atoms with Crippen LogP contribution in [0.3, 0.4) is 0 Å². The molecule has 2 aromatic rings. The van der Waals surface area contributed by atoms with Crippen molar-refractivity contribution in [3.8, 4) is 0 Å². The van der Waals surface area contributed by atoms with Crippen molar-refractivity contribution < 1.29 is 9.26 Å². The van der Waals surface area contributed by atoms with Gasteiger partial charge in [-0.25, -0.2) is 0 Å². The van der Waals surface area contributed by atoms with E-state index < -0.39 is 0 Å². The molecule has 5 nitrogen and oxygen atoms in total. The molecule has 0 radical (unpaired) electrons. The smallest absolute Gasteiger partial charge is 0.236 e. The van der Waals surface area contributed by atoms with Gasteiger partial charge in [0, 0.05) is 12.0 Å². The zero-order valence-corrected chi connectivity index (χ0v) is 12.1. The van der Waals surface area contributed by atoms with Gasteiger partial charge in [-0.1, -0.05) is 29.4 Å². The average Bonchev–Trinajstić information content (AvgIpc) is 3.19. The van der Waals surface area contributed by atoms with Gasteiger partial charge in [0.05, 0.1) is 18.6 Å². The zero-order valence-electron chi connectivity index (χ0n) is 12.1. The number of nitrogens with two attached hydrogens (primary N) is 1. The molecule has 1 aromatic heterocycles. The molecule has 4 rings (SSSR count). The molecule has 2 N–H and O–H groups in total. The number of aryl methyl sites for hydroxylation is 1. The van der Waals surface area contributed by atoms with Crippen LogP contribution in [0.15, 0.2) is 28.8 Å². The molecule has 110 valence electrons. The third kappa shape index (κ3) is 1.92. The monoisotopic (exact) mass is 285 g/mol. The van der Waals surface area contributed by atoms with Gasteiger partial charge in [0.2, 0.25) is 5.89 Å². The van der Waals surface area contributed by atoms with E-state index in [1.807, 2.05) is 6.92 Å². The summed E-state index contributed by atoms with van der Waals surface area (Å²) in [7, 11) is 0. The number of hydrogen-bond donors (Lipinski definition) is 1. The number of rotatable bonds is 2. The molecule has 1 fully saturated rings. The Balaban J connectivity index is 1.67. The van der Waals surface area contributed by atoms with Crippen LogP contribution in [-0.4, -0.2) is 29.4 Å². The van der Waals surface area contributed by atoms with Gasteiger partial charge in [-0.2, -0.15) is 4.98 Å². The van der Waals surface area contributed by atoms with Crippen LogP contribution in [0, 0.1) is 0 Å². The average molecular weight is 285 g/mol. The third-order valence-corrected chi connectivity index (χ3v) is 4.89. The van der Waals surface area contributed by atoms with Gasteiger partial charge in [-0.15, -0.1) is 0 Å². The highest BCUT2D eigenvalue weighted by atomic mass is 16.5. The third-order valence-electron chi connectivity index (χ3n) is 4.89. The highest BCUT2D eigenvalue weighted by molar-refractivity contribution is 5.38. The minimum absolute atomic E-state index is 0.0957. The molecule has 21 heavy (non-hydrogen) atoms. The van der Waals surface area contributed by atoms with Gasteiger partial charge in [-0.05, 0) is 30.9 Å². The number of aromatic nitrogens is 2. The molecule has 1 aliphatic carbocycles. The molecule has 0 bridgehead atoms. The topological polar surface area (TPSA) is 74.2 Å². The highest BCUT2D eigenvalue weighted by Crippen LogP contribution is 2.38. The fraction of sp³-hybridized carbons (Fsp3) is 0.500. The summed E-state index contributed by atoms with van der Waals surface area (Å²) in [5, 5.41) is 4.22. The molecule has 1 aliphatic heterocycles. The van der Waals surface area contributed by atoms with E-state index >= 15 is 0 Å². The van der Waals surface area contributed by atoms with E-state index in [1.165, 1.54) is 11.1 Å². The van der Waals surface area contributed by atoms with Crippen LogP contribution < -0.4 is 5.73 Å². The molecule has 0 amide bonds. The summed E-state index contributed by atoms with van der Waals surface area (Å²) in [6.45, 7) is 3.11. The number of hydrogen-bond acceptors (Lipinski definition) is 5. The van der Waals surface area contributed by atoms with Crippen molar-refractivity contribution in [1.82, 2.24) is 10.1 Å². The maximum atomic E-state index is 6.13. The van der Waals surface area contributed by atoms with E-state index in [0.29, 0.717) is 19.1 Å².